The summed E-state index contributed by atoms with van der Waals surface area (Å²) >= 11 is 0. The molecule has 110 valence electrons. The molecule has 0 bridgehead atoms. The van der Waals surface area contributed by atoms with Gasteiger partial charge in [0.1, 0.15) is 0 Å². The van der Waals surface area contributed by atoms with Crippen LogP contribution in [0, 0.1) is 0 Å². The molecule has 0 heterocycles. The largest absolute Gasteiger partial charge is 0.323 e. The van der Waals surface area contributed by atoms with Crippen LogP contribution in [0.4, 0.5) is 0 Å². The molecular weight excluding hydrogens is 256 g/mol. The van der Waals surface area contributed by atoms with Crippen LogP contribution < -0.4 is 11.7 Å². The van der Waals surface area contributed by atoms with Crippen molar-refractivity contribution in [2.24, 2.45) is 42.3 Å². The lowest BCUT2D eigenvalue weighted by Gasteiger charge is -1.98. The summed E-state index contributed by atoms with van der Waals surface area (Å²) in [5, 5.41) is 23.2. The van der Waals surface area contributed by atoms with E-state index in [9.17, 15) is 0 Å². The summed E-state index contributed by atoms with van der Waals surface area (Å²) in [5.74, 6) is 10.3. The Morgan fingerprint density at radius 2 is 0.650 bits per heavy atom. The third kappa shape index (κ3) is 5.98. The Kier molecular flexibility index (Phi) is 7.64. The first-order valence-corrected chi connectivity index (χ1v) is 6.01. The second-order valence-corrected chi connectivity index (χ2v) is 4.17. The van der Waals surface area contributed by atoms with Crippen molar-refractivity contribution in [2.45, 2.75) is 41.5 Å². The van der Waals surface area contributed by atoms with E-state index in [2.05, 4.69) is 30.6 Å². The van der Waals surface area contributed by atoms with Gasteiger partial charge in [0, 0.05) is 0 Å². The Bertz CT molecular complexity index is 472. The SMILES string of the molecule is CC(=N/N)/C(C)=N\N=C(C)/C(C)=N\N=C(C)/C(C)=N\N. The number of nitrogens with zero attached hydrogens (tertiary/aromatic N) is 6. The van der Waals surface area contributed by atoms with E-state index in [1.54, 1.807) is 41.5 Å². The summed E-state index contributed by atoms with van der Waals surface area (Å²) in [6.07, 6.45) is 0. The van der Waals surface area contributed by atoms with E-state index in [0.29, 0.717) is 34.3 Å². The van der Waals surface area contributed by atoms with Crippen LogP contribution >= 0.6 is 0 Å². The molecule has 0 radical (unpaired) electrons. The van der Waals surface area contributed by atoms with Crippen molar-refractivity contribution >= 4 is 34.3 Å². The van der Waals surface area contributed by atoms with Crippen LogP contribution in [-0.4, -0.2) is 34.3 Å². The van der Waals surface area contributed by atoms with E-state index >= 15 is 0 Å². The van der Waals surface area contributed by atoms with E-state index in [-0.39, 0.29) is 0 Å². The lowest BCUT2D eigenvalue weighted by Crippen LogP contribution is -2.10. The van der Waals surface area contributed by atoms with E-state index in [0.717, 1.165) is 0 Å². The molecule has 0 aliphatic rings. The first kappa shape index (κ1) is 17.6. The summed E-state index contributed by atoms with van der Waals surface area (Å²) < 4.78 is 0. The first-order chi connectivity index (χ1) is 9.33. The Morgan fingerprint density at radius 1 is 0.450 bits per heavy atom. The number of rotatable bonds is 5. The molecule has 0 saturated carbocycles. The summed E-state index contributed by atoms with van der Waals surface area (Å²) in [5.41, 5.74) is 3.83. The summed E-state index contributed by atoms with van der Waals surface area (Å²) in [4.78, 5) is 0. The third-order valence-corrected chi connectivity index (χ3v) is 2.66. The zero-order chi connectivity index (χ0) is 15.7. The molecule has 0 fully saturated rings. The second-order valence-electron chi connectivity index (χ2n) is 4.17. The Hall–Kier alpha value is -2.38. The van der Waals surface area contributed by atoms with E-state index in [1.807, 2.05) is 0 Å². The van der Waals surface area contributed by atoms with Crippen molar-refractivity contribution in [3.05, 3.63) is 0 Å². The lowest BCUT2D eigenvalue weighted by atomic mass is 10.3. The molecule has 20 heavy (non-hydrogen) atoms. The first-order valence-electron chi connectivity index (χ1n) is 6.01. The summed E-state index contributed by atoms with van der Waals surface area (Å²) in [6, 6.07) is 0. The molecule has 0 atom stereocenters. The zero-order valence-electron chi connectivity index (χ0n) is 12.8. The predicted octanol–water partition coefficient (Wildman–Crippen LogP) is 1.33. The van der Waals surface area contributed by atoms with Gasteiger partial charge in [0.15, 0.2) is 0 Å². The minimum atomic E-state index is 0.625. The van der Waals surface area contributed by atoms with Gasteiger partial charge in [0.25, 0.3) is 0 Å². The highest BCUT2D eigenvalue weighted by Gasteiger charge is 1.99. The molecule has 0 aromatic carbocycles. The van der Waals surface area contributed by atoms with Crippen LogP contribution in [0.25, 0.3) is 0 Å². The van der Waals surface area contributed by atoms with Gasteiger partial charge in [-0.25, -0.2) is 0 Å². The third-order valence-electron chi connectivity index (χ3n) is 2.66. The number of hydrazone groups is 2. The highest BCUT2D eigenvalue weighted by molar-refractivity contribution is 6.43. The molecule has 0 spiro atoms. The zero-order valence-corrected chi connectivity index (χ0v) is 12.8. The smallest absolute Gasteiger partial charge is 0.0829 e. The fourth-order valence-electron chi connectivity index (χ4n) is 0.776. The van der Waals surface area contributed by atoms with Gasteiger partial charge in [-0.15, -0.1) is 0 Å². The highest BCUT2D eigenvalue weighted by atomic mass is 15.3. The van der Waals surface area contributed by atoms with Gasteiger partial charge in [-0.1, -0.05) is 0 Å². The quantitative estimate of drug-likeness (QED) is 0.447. The molecule has 0 rings (SSSR count). The van der Waals surface area contributed by atoms with Crippen LogP contribution in [0.2, 0.25) is 0 Å². The van der Waals surface area contributed by atoms with Crippen molar-refractivity contribution in [2.75, 3.05) is 0 Å². The van der Waals surface area contributed by atoms with Crippen molar-refractivity contribution < 1.29 is 0 Å². The van der Waals surface area contributed by atoms with Gasteiger partial charge in [-0.05, 0) is 41.5 Å². The molecule has 8 nitrogen and oxygen atoms in total. The average Bonchev–Trinajstić information content (AvgIpc) is 2.47. The Balaban J connectivity index is 5.08. The number of hydrogen-bond donors (Lipinski definition) is 2. The van der Waals surface area contributed by atoms with Gasteiger partial charge >= 0.3 is 0 Å². The van der Waals surface area contributed by atoms with Crippen molar-refractivity contribution in [1.29, 1.82) is 0 Å². The molecule has 0 saturated heterocycles. The minimum Gasteiger partial charge on any atom is -0.323 e. The topological polar surface area (TPSA) is 126 Å². The van der Waals surface area contributed by atoms with Crippen LogP contribution in [0.3, 0.4) is 0 Å². The predicted molar refractivity (Wildman–Crippen MR) is 87.0 cm³/mol. The second kappa shape index (κ2) is 8.68. The molecule has 0 unspecified atom stereocenters. The maximum absolute atomic E-state index is 5.16. The summed E-state index contributed by atoms with van der Waals surface area (Å²) in [7, 11) is 0. The molecule has 4 N–H and O–H groups in total. The molecule has 0 aliphatic heterocycles. The minimum absolute atomic E-state index is 0.625. The van der Waals surface area contributed by atoms with E-state index < -0.39 is 0 Å². The van der Waals surface area contributed by atoms with Crippen LogP contribution in [-0.2, 0) is 0 Å². The van der Waals surface area contributed by atoms with Crippen LogP contribution in [0.5, 0.6) is 0 Å². The average molecular weight is 278 g/mol. The van der Waals surface area contributed by atoms with Crippen molar-refractivity contribution in [3.8, 4) is 0 Å². The normalized spacial score (nSPS) is 16.7. The van der Waals surface area contributed by atoms with E-state index in [1.165, 1.54) is 0 Å². The van der Waals surface area contributed by atoms with Gasteiger partial charge in [-0.2, -0.15) is 30.6 Å². The maximum Gasteiger partial charge on any atom is 0.0829 e. The number of hydrogen-bond acceptors (Lipinski definition) is 8. The number of nitrogens with two attached hydrogens (primary N) is 2. The lowest BCUT2D eigenvalue weighted by molar-refractivity contribution is 1.20. The van der Waals surface area contributed by atoms with Crippen LogP contribution in [0.15, 0.2) is 30.6 Å². The molecule has 0 aliphatic carbocycles. The van der Waals surface area contributed by atoms with Crippen LogP contribution in [0.1, 0.15) is 41.5 Å². The maximum atomic E-state index is 5.16. The fourth-order valence-corrected chi connectivity index (χ4v) is 0.776. The van der Waals surface area contributed by atoms with Crippen molar-refractivity contribution in [3.63, 3.8) is 0 Å². The molecule has 0 aromatic heterocycles. The molecular formula is C12H22N8. The van der Waals surface area contributed by atoms with Gasteiger partial charge < -0.3 is 11.7 Å². The van der Waals surface area contributed by atoms with Gasteiger partial charge in [0.05, 0.1) is 34.3 Å². The molecule has 0 amide bonds. The summed E-state index contributed by atoms with van der Waals surface area (Å²) in [6.45, 7) is 10.6. The van der Waals surface area contributed by atoms with Gasteiger partial charge in [-0.3, -0.25) is 0 Å². The van der Waals surface area contributed by atoms with Gasteiger partial charge in [0.2, 0.25) is 0 Å². The Morgan fingerprint density at radius 3 is 0.850 bits per heavy atom. The highest BCUT2D eigenvalue weighted by Crippen LogP contribution is 1.92. The molecule has 8 heteroatoms. The van der Waals surface area contributed by atoms with Crippen molar-refractivity contribution in [1.82, 2.24) is 0 Å². The van der Waals surface area contributed by atoms with E-state index in [4.69, 9.17) is 11.7 Å². The standard InChI is InChI=1S/C12H22N8/c1-7(15-13)9(3)17-19-11(5)12(6)20-18-10(4)8(2)16-14/h13-14H2,1-6H3/b15-7-,16-8-,17-9-,18-10-,19-11-,20-12-. The monoisotopic (exact) mass is 278 g/mol. The fraction of sp³-hybridized carbons (Fsp3) is 0.500. The molecule has 0 aromatic rings. The Labute approximate surface area is 119 Å².